The van der Waals surface area contributed by atoms with Crippen molar-refractivity contribution in [2.75, 3.05) is 7.11 Å². The van der Waals surface area contributed by atoms with Gasteiger partial charge in [0.25, 0.3) is 0 Å². The van der Waals surface area contributed by atoms with Gasteiger partial charge in [-0.25, -0.2) is 0 Å². The largest absolute Gasteiger partial charge is 0.496 e. The average Bonchev–Trinajstić information content (AvgIpc) is 2.89. The molecule has 4 heteroatoms. The van der Waals surface area contributed by atoms with E-state index in [1.807, 2.05) is 47.2 Å². The topological polar surface area (TPSA) is 31.2 Å². The molecule has 0 radical (unpaired) electrons. The molecule has 0 N–H and O–H groups in total. The van der Waals surface area contributed by atoms with Gasteiger partial charge in [0.05, 0.1) is 19.2 Å². The molecule has 0 fully saturated rings. The number of aromatic nitrogens is 1. The summed E-state index contributed by atoms with van der Waals surface area (Å²) in [5, 5.41) is 1.11. The number of nitrogens with zero attached hydrogens (tertiary/aromatic N) is 1. The van der Waals surface area contributed by atoms with Gasteiger partial charge in [0.1, 0.15) is 5.75 Å². The number of carbonyl (C=O) groups is 1. The third kappa shape index (κ3) is 2.72. The van der Waals surface area contributed by atoms with Crippen molar-refractivity contribution in [3.63, 3.8) is 0 Å². The number of fused-ring (bicyclic) bond motifs is 1. The molecule has 3 rings (SSSR count). The number of carbonyl (C=O) groups excluding carboxylic acids is 1. The lowest BCUT2D eigenvalue weighted by Gasteiger charge is -2.09. The van der Waals surface area contributed by atoms with E-state index in [0.29, 0.717) is 17.9 Å². The highest BCUT2D eigenvalue weighted by atomic mass is 79.9. The summed E-state index contributed by atoms with van der Waals surface area (Å²) in [6, 6.07) is 15.3. The Labute approximate surface area is 131 Å². The van der Waals surface area contributed by atoms with Gasteiger partial charge in [-0.05, 0) is 36.4 Å². The van der Waals surface area contributed by atoms with E-state index in [9.17, 15) is 4.79 Å². The van der Waals surface area contributed by atoms with Crippen LogP contribution in [-0.4, -0.2) is 17.5 Å². The number of benzene rings is 2. The van der Waals surface area contributed by atoms with E-state index in [1.165, 1.54) is 0 Å². The fourth-order valence-electron chi connectivity index (χ4n) is 2.42. The third-order valence-electron chi connectivity index (χ3n) is 3.45. The number of para-hydroxylation sites is 1. The smallest absolute Gasteiger partial charge is 0.186 e. The molecule has 1 heterocycles. The molecule has 21 heavy (non-hydrogen) atoms. The molecule has 1 aromatic heterocycles. The molecule has 0 aliphatic carbocycles. The molecule has 0 atom stereocenters. The molecule has 3 aromatic rings. The molecule has 106 valence electrons. The van der Waals surface area contributed by atoms with Crippen molar-refractivity contribution in [1.82, 2.24) is 4.57 Å². The highest BCUT2D eigenvalue weighted by Gasteiger charge is 2.13. The lowest BCUT2D eigenvalue weighted by molar-refractivity contribution is 0.0970. The van der Waals surface area contributed by atoms with Gasteiger partial charge in [0.2, 0.25) is 0 Å². The number of ether oxygens (including phenoxy) is 1. The second-order valence-corrected chi connectivity index (χ2v) is 5.69. The second-order valence-electron chi connectivity index (χ2n) is 4.77. The number of Topliss-reactive ketones (excluding diaryl/α,β-unsaturated/α-hetero) is 1. The van der Waals surface area contributed by atoms with Crippen LogP contribution in [-0.2, 0) is 6.54 Å². The van der Waals surface area contributed by atoms with Crippen molar-refractivity contribution in [1.29, 1.82) is 0 Å². The molecule has 0 aliphatic heterocycles. The van der Waals surface area contributed by atoms with Gasteiger partial charge in [-0.15, -0.1) is 0 Å². The Morgan fingerprint density at radius 2 is 2.00 bits per heavy atom. The van der Waals surface area contributed by atoms with E-state index in [-0.39, 0.29) is 5.78 Å². The summed E-state index contributed by atoms with van der Waals surface area (Å²) in [6.07, 6.45) is 1.93. The average molecular weight is 344 g/mol. The van der Waals surface area contributed by atoms with Gasteiger partial charge in [-0.2, -0.15) is 0 Å². The van der Waals surface area contributed by atoms with Crippen LogP contribution < -0.4 is 4.74 Å². The summed E-state index contributed by atoms with van der Waals surface area (Å²) in [4.78, 5) is 12.5. The van der Waals surface area contributed by atoms with Crippen molar-refractivity contribution in [2.45, 2.75) is 6.54 Å². The van der Waals surface area contributed by atoms with Crippen LogP contribution >= 0.6 is 15.9 Å². The number of rotatable bonds is 4. The van der Waals surface area contributed by atoms with E-state index in [4.69, 9.17) is 4.74 Å². The molecule has 0 unspecified atom stereocenters. The number of hydrogen-bond donors (Lipinski definition) is 0. The maximum Gasteiger partial charge on any atom is 0.186 e. The summed E-state index contributed by atoms with van der Waals surface area (Å²) in [6.45, 7) is 0.297. The molecule has 0 spiro atoms. The predicted molar refractivity (Wildman–Crippen MR) is 87.0 cm³/mol. The molecule has 0 saturated heterocycles. The number of ketones is 1. The molecular formula is C17H14BrNO2. The fourth-order valence-corrected chi connectivity index (χ4v) is 2.80. The standard InChI is InChI=1S/C17H14BrNO2/c1-21-17-5-3-2-4-14(17)16(20)11-19-9-8-12-10-13(18)6-7-15(12)19/h2-10H,11H2,1H3. The Morgan fingerprint density at radius 1 is 1.19 bits per heavy atom. The minimum absolute atomic E-state index is 0.0351. The zero-order valence-electron chi connectivity index (χ0n) is 11.5. The molecule has 3 nitrogen and oxygen atoms in total. The molecule has 0 saturated carbocycles. The molecular weight excluding hydrogens is 330 g/mol. The quantitative estimate of drug-likeness (QED) is 0.661. The Kier molecular flexibility index (Phi) is 3.80. The van der Waals surface area contributed by atoms with Crippen LogP contribution in [0.15, 0.2) is 59.2 Å². The monoisotopic (exact) mass is 343 g/mol. The van der Waals surface area contributed by atoms with Gasteiger partial charge >= 0.3 is 0 Å². The fraction of sp³-hybridized carbons (Fsp3) is 0.118. The van der Waals surface area contributed by atoms with Gasteiger partial charge in [0, 0.05) is 21.6 Å². The van der Waals surface area contributed by atoms with Crippen molar-refractivity contribution in [3.05, 3.63) is 64.8 Å². The SMILES string of the molecule is COc1ccccc1C(=O)Cn1ccc2cc(Br)ccc21. The van der Waals surface area contributed by atoms with E-state index in [1.54, 1.807) is 19.2 Å². The highest BCUT2D eigenvalue weighted by molar-refractivity contribution is 9.10. The van der Waals surface area contributed by atoms with Crippen molar-refractivity contribution < 1.29 is 9.53 Å². The Balaban J connectivity index is 1.93. The zero-order valence-corrected chi connectivity index (χ0v) is 13.1. The maximum atomic E-state index is 12.5. The normalized spacial score (nSPS) is 10.8. The first kappa shape index (κ1) is 13.9. The summed E-state index contributed by atoms with van der Waals surface area (Å²) < 4.78 is 8.24. The molecule has 0 amide bonds. The van der Waals surface area contributed by atoms with E-state index in [0.717, 1.165) is 15.4 Å². The molecule has 0 aliphatic rings. The summed E-state index contributed by atoms with van der Waals surface area (Å²) in [5.41, 5.74) is 1.65. The number of halogens is 1. The first-order valence-electron chi connectivity index (χ1n) is 6.59. The van der Waals surface area contributed by atoms with Gasteiger partial charge in [0.15, 0.2) is 5.78 Å². The van der Waals surface area contributed by atoms with E-state index in [2.05, 4.69) is 15.9 Å². The lowest BCUT2D eigenvalue weighted by Crippen LogP contribution is -2.10. The van der Waals surface area contributed by atoms with E-state index >= 15 is 0 Å². The predicted octanol–water partition coefficient (Wildman–Crippen LogP) is 4.30. The third-order valence-corrected chi connectivity index (χ3v) is 3.95. The van der Waals surface area contributed by atoms with Crippen LogP contribution in [0.4, 0.5) is 0 Å². The minimum atomic E-state index is 0.0351. The maximum absolute atomic E-state index is 12.5. The lowest BCUT2D eigenvalue weighted by atomic mass is 10.1. The van der Waals surface area contributed by atoms with Crippen molar-refractivity contribution >= 4 is 32.6 Å². The Hall–Kier alpha value is -2.07. The van der Waals surface area contributed by atoms with Gasteiger partial charge in [-0.3, -0.25) is 4.79 Å². The van der Waals surface area contributed by atoms with Gasteiger partial charge < -0.3 is 9.30 Å². The van der Waals surface area contributed by atoms with Crippen LogP contribution in [0.2, 0.25) is 0 Å². The van der Waals surface area contributed by atoms with Crippen LogP contribution in [0.3, 0.4) is 0 Å². The van der Waals surface area contributed by atoms with Crippen LogP contribution in [0, 0.1) is 0 Å². The summed E-state index contributed by atoms with van der Waals surface area (Å²) >= 11 is 3.46. The van der Waals surface area contributed by atoms with Crippen LogP contribution in [0.1, 0.15) is 10.4 Å². The minimum Gasteiger partial charge on any atom is -0.496 e. The number of methoxy groups -OCH3 is 1. The molecule has 2 aromatic carbocycles. The zero-order chi connectivity index (χ0) is 14.8. The summed E-state index contributed by atoms with van der Waals surface area (Å²) in [5.74, 6) is 0.648. The summed E-state index contributed by atoms with van der Waals surface area (Å²) in [7, 11) is 1.58. The van der Waals surface area contributed by atoms with E-state index < -0.39 is 0 Å². The molecule has 0 bridgehead atoms. The Morgan fingerprint density at radius 3 is 2.81 bits per heavy atom. The van der Waals surface area contributed by atoms with Crippen LogP contribution in [0.25, 0.3) is 10.9 Å². The second kappa shape index (κ2) is 5.74. The Bertz CT molecular complexity index is 807. The first-order chi connectivity index (χ1) is 10.2. The van der Waals surface area contributed by atoms with Crippen molar-refractivity contribution in [2.24, 2.45) is 0 Å². The number of hydrogen-bond acceptors (Lipinski definition) is 2. The first-order valence-corrected chi connectivity index (χ1v) is 7.39. The van der Waals surface area contributed by atoms with Crippen LogP contribution in [0.5, 0.6) is 5.75 Å². The van der Waals surface area contributed by atoms with Gasteiger partial charge in [-0.1, -0.05) is 28.1 Å². The van der Waals surface area contributed by atoms with Crippen molar-refractivity contribution in [3.8, 4) is 5.75 Å². The highest BCUT2D eigenvalue weighted by Crippen LogP contribution is 2.23.